The molecule has 0 aromatic heterocycles. The molecule has 4 saturated heterocycles. The van der Waals surface area contributed by atoms with Crippen molar-refractivity contribution in [3.63, 3.8) is 0 Å². The maximum atomic E-state index is 13.7. The summed E-state index contributed by atoms with van der Waals surface area (Å²) < 4.78 is 13.7. The normalized spacial score (nSPS) is 27.6. The van der Waals surface area contributed by atoms with E-state index in [0.717, 1.165) is 50.1 Å². The number of piperidine rings is 2. The van der Waals surface area contributed by atoms with Gasteiger partial charge in [0.05, 0.1) is 0 Å². The molecule has 6 aliphatic rings. The smallest absolute Gasteiger partial charge is 0.255 e. The minimum absolute atomic E-state index is 0.124. The summed E-state index contributed by atoms with van der Waals surface area (Å²) in [6.45, 7) is 8.99. The monoisotopic (exact) mass is 570 g/mol. The van der Waals surface area contributed by atoms with Crippen molar-refractivity contribution in [2.24, 2.45) is 5.41 Å². The van der Waals surface area contributed by atoms with Crippen LogP contribution in [0.25, 0.3) is 5.57 Å². The number of carbonyl (C=O) groups is 3. The van der Waals surface area contributed by atoms with Gasteiger partial charge in [-0.3, -0.25) is 29.5 Å². The third-order valence-electron chi connectivity index (χ3n) is 10.2. The van der Waals surface area contributed by atoms with E-state index in [4.69, 9.17) is 0 Å². The van der Waals surface area contributed by atoms with E-state index >= 15 is 0 Å². The average Bonchev–Trinajstić information content (AvgIpc) is 3.27. The fourth-order valence-corrected chi connectivity index (χ4v) is 7.83. The molecule has 3 amide bonds. The largest absolute Gasteiger partial charge is 0.322 e. The van der Waals surface area contributed by atoms with Crippen LogP contribution in [0.2, 0.25) is 0 Å². The Hall–Kier alpha value is -3.36. The lowest BCUT2D eigenvalue weighted by atomic mass is 9.72. The summed E-state index contributed by atoms with van der Waals surface area (Å²) >= 11 is 0. The lowest BCUT2D eigenvalue weighted by Gasteiger charge is -2.57. The lowest BCUT2D eigenvalue weighted by molar-refractivity contribution is -0.136. The van der Waals surface area contributed by atoms with Crippen LogP contribution in [-0.2, 0) is 22.7 Å². The Morgan fingerprint density at radius 2 is 1.74 bits per heavy atom. The first kappa shape index (κ1) is 27.5. The van der Waals surface area contributed by atoms with Gasteiger partial charge in [0.2, 0.25) is 11.8 Å². The van der Waals surface area contributed by atoms with Crippen molar-refractivity contribution in [3.05, 3.63) is 76.1 Å². The molecule has 3 unspecified atom stereocenters. The SMILES string of the molecule is CC1(C)CCC(CN2C3CC2CN(Cc2ccc4c(c2)CN(C2CCC(=O)NC2=O)C4=O)C3)=C(c2ccc(F)cc2)C1. The van der Waals surface area contributed by atoms with Gasteiger partial charge < -0.3 is 4.90 Å². The topological polar surface area (TPSA) is 73.0 Å². The van der Waals surface area contributed by atoms with Gasteiger partial charge in [0, 0.05) is 56.8 Å². The van der Waals surface area contributed by atoms with Crippen molar-refractivity contribution >= 4 is 23.3 Å². The molecular formula is C34H39FN4O3. The van der Waals surface area contributed by atoms with E-state index in [2.05, 4.69) is 35.0 Å². The Labute approximate surface area is 246 Å². The molecule has 2 aromatic rings. The molecule has 8 heteroatoms. The van der Waals surface area contributed by atoms with Crippen LogP contribution in [0.1, 0.15) is 79.4 Å². The Balaban J connectivity index is 1.00. The van der Waals surface area contributed by atoms with E-state index in [9.17, 15) is 18.8 Å². The minimum Gasteiger partial charge on any atom is -0.322 e. The fraction of sp³-hybridized carbons (Fsp3) is 0.500. The molecule has 220 valence electrons. The number of hydrogen-bond donors (Lipinski definition) is 1. The molecular weight excluding hydrogens is 531 g/mol. The number of amides is 3. The predicted octanol–water partition coefficient (Wildman–Crippen LogP) is 4.51. The number of halogens is 1. The van der Waals surface area contributed by atoms with Crippen molar-refractivity contribution in [1.29, 1.82) is 0 Å². The molecule has 1 aliphatic carbocycles. The summed E-state index contributed by atoms with van der Waals surface area (Å²) in [6.07, 6.45) is 5.20. The van der Waals surface area contributed by atoms with Gasteiger partial charge in [0.15, 0.2) is 0 Å². The number of nitrogens with one attached hydrogen (secondary N) is 1. The molecule has 2 aromatic carbocycles. The molecule has 4 fully saturated rings. The van der Waals surface area contributed by atoms with E-state index in [-0.39, 0.29) is 35.4 Å². The van der Waals surface area contributed by atoms with E-state index in [1.165, 1.54) is 29.6 Å². The number of benzene rings is 2. The zero-order valence-corrected chi connectivity index (χ0v) is 24.5. The highest BCUT2D eigenvalue weighted by molar-refractivity contribution is 6.05. The molecule has 5 heterocycles. The standard InChI is InChI=1S/C34H39FN4O3/c1-34(2)12-11-23(29(15-34)22-4-6-25(35)7-5-22)17-38-26-14-27(38)20-37(19-26)16-21-3-8-28-24(13-21)18-39(33(28)42)30-9-10-31(40)36-32(30)41/h3-8,13,26-27,30H,9-12,14-20H2,1-2H3,(H,36,40,41). The molecule has 1 N–H and O–H groups in total. The van der Waals surface area contributed by atoms with Crippen LogP contribution in [0.4, 0.5) is 4.39 Å². The van der Waals surface area contributed by atoms with Crippen molar-refractivity contribution < 1.29 is 18.8 Å². The highest BCUT2D eigenvalue weighted by Gasteiger charge is 2.45. The molecule has 0 spiro atoms. The summed E-state index contributed by atoms with van der Waals surface area (Å²) in [5.74, 6) is -0.952. The predicted molar refractivity (Wildman–Crippen MR) is 158 cm³/mol. The second kappa shape index (κ2) is 10.4. The zero-order chi connectivity index (χ0) is 29.2. The van der Waals surface area contributed by atoms with Crippen LogP contribution in [0.15, 0.2) is 48.0 Å². The van der Waals surface area contributed by atoms with E-state index in [0.29, 0.717) is 30.6 Å². The molecule has 0 saturated carbocycles. The maximum Gasteiger partial charge on any atom is 0.255 e. The molecule has 3 atom stereocenters. The highest BCUT2D eigenvalue weighted by atomic mass is 19.1. The molecule has 2 bridgehead atoms. The lowest BCUT2D eigenvalue weighted by Crippen LogP contribution is -2.68. The van der Waals surface area contributed by atoms with Crippen LogP contribution in [0.3, 0.4) is 0 Å². The van der Waals surface area contributed by atoms with Gasteiger partial charge in [0.25, 0.3) is 5.91 Å². The van der Waals surface area contributed by atoms with Crippen molar-refractivity contribution in [2.75, 3.05) is 19.6 Å². The van der Waals surface area contributed by atoms with Crippen LogP contribution in [-0.4, -0.2) is 70.2 Å². The van der Waals surface area contributed by atoms with Crippen molar-refractivity contribution in [3.8, 4) is 0 Å². The van der Waals surface area contributed by atoms with Gasteiger partial charge in [-0.25, -0.2) is 4.39 Å². The summed E-state index contributed by atoms with van der Waals surface area (Å²) in [5, 5.41) is 2.37. The van der Waals surface area contributed by atoms with Gasteiger partial charge in [-0.1, -0.05) is 43.7 Å². The Kier molecular flexibility index (Phi) is 6.82. The van der Waals surface area contributed by atoms with Crippen molar-refractivity contribution in [1.82, 2.24) is 20.0 Å². The highest BCUT2D eigenvalue weighted by Crippen LogP contribution is 2.45. The summed E-state index contributed by atoms with van der Waals surface area (Å²) in [4.78, 5) is 43.8. The van der Waals surface area contributed by atoms with Gasteiger partial charge in [-0.15, -0.1) is 0 Å². The second-order valence-corrected chi connectivity index (χ2v) is 13.7. The molecule has 8 rings (SSSR count). The van der Waals surface area contributed by atoms with Crippen LogP contribution in [0, 0.1) is 11.2 Å². The number of nitrogens with zero attached hydrogens (tertiary/aromatic N) is 3. The number of allylic oxidation sites excluding steroid dienone is 1. The quantitative estimate of drug-likeness (QED) is 0.518. The fourth-order valence-electron chi connectivity index (χ4n) is 7.83. The Bertz CT molecular complexity index is 1470. The van der Waals surface area contributed by atoms with E-state index in [1.54, 1.807) is 17.0 Å². The molecule has 7 nitrogen and oxygen atoms in total. The molecule has 42 heavy (non-hydrogen) atoms. The van der Waals surface area contributed by atoms with Gasteiger partial charge >= 0.3 is 0 Å². The zero-order valence-electron chi connectivity index (χ0n) is 24.5. The Morgan fingerprint density at radius 3 is 2.48 bits per heavy atom. The number of piperazine rings is 1. The van der Waals surface area contributed by atoms with Gasteiger partial charge in [-0.05, 0) is 78.0 Å². The molecule has 5 aliphatic heterocycles. The first-order chi connectivity index (χ1) is 20.1. The summed E-state index contributed by atoms with van der Waals surface area (Å²) in [5.41, 5.74) is 7.17. The average molecular weight is 571 g/mol. The Morgan fingerprint density at radius 1 is 0.976 bits per heavy atom. The number of rotatable bonds is 6. The second-order valence-electron chi connectivity index (χ2n) is 13.7. The van der Waals surface area contributed by atoms with Crippen molar-refractivity contribution in [2.45, 2.75) is 83.6 Å². The number of fused-ring (bicyclic) bond motifs is 3. The van der Waals surface area contributed by atoms with E-state index < -0.39 is 6.04 Å². The van der Waals surface area contributed by atoms with Gasteiger partial charge in [0.1, 0.15) is 11.9 Å². The first-order valence-corrected chi connectivity index (χ1v) is 15.3. The third-order valence-corrected chi connectivity index (χ3v) is 10.2. The summed E-state index contributed by atoms with van der Waals surface area (Å²) in [6, 6.07) is 13.6. The minimum atomic E-state index is -0.583. The number of carbonyl (C=O) groups excluding carboxylic acids is 3. The van der Waals surface area contributed by atoms with E-state index in [1.807, 2.05) is 24.3 Å². The molecule has 0 radical (unpaired) electrons. The van der Waals surface area contributed by atoms with Crippen LogP contribution >= 0.6 is 0 Å². The van der Waals surface area contributed by atoms with Crippen LogP contribution in [0.5, 0.6) is 0 Å². The number of hydrogen-bond acceptors (Lipinski definition) is 5. The van der Waals surface area contributed by atoms with Gasteiger partial charge in [-0.2, -0.15) is 0 Å². The first-order valence-electron chi connectivity index (χ1n) is 15.3. The number of imide groups is 1. The van der Waals surface area contributed by atoms with Crippen LogP contribution < -0.4 is 5.32 Å². The summed E-state index contributed by atoms with van der Waals surface area (Å²) in [7, 11) is 0. The maximum absolute atomic E-state index is 13.7. The third kappa shape index (κ3) is 5.09.